The van der Waals surface area contributed by atoms with Crippen LogP contribution in [-0.4, -0.2) is 124 Å². The lowest BCUT2D eigenvalue weighted by Crippen LogP contribution is -2.38. The Bertz CT molecular complexity index is 364. The Morgan fingerprint density at radius 1 is 0.692 bits per heavy atom. The molecule has 0 atom stereocenters. The van der Waals surface area contributed by atoms with Crippen molar-refractivity contribution in [3.05, 3.63) is 0 Å². The lowest BCUT2D eigenvalue weighted by atomic mass is 10.4. The molecule has 0 saturated carbocycles. The first kappa shape index (κ1) is 22.7. The van der Waals surface area contributed by atoms with Crippen LogP contribution in [0.25, 0.3) is 0 Å². The first-order valence-corrected chi connectivity index (χ1v) is 8.90. The minimum atomic E-state index is -0.888. The minimum Gasteiger partial charge on any atom is -0.480 e. The van der Waals surface area contributed by atoms with Crippen LogP contribution in [0.1, 0.15) is 0 Å². The average molecular weight is 377 g/mol. The van der Waals surface area contributed by atoms with Crippen molar-refractivity contribution in [3.63, 3.8) is 0 Å². The van der Waals surface area contributed by atoms with Crippen LogP contribution < -0.4 is 5.32 Å². The fourth-order valence-corrected chi connectivity index (χ4v) is 2.42. The number of aliphatic carboxylic acids is 2. The molecule has 0 spiro atoms. The Balaban J connectivity index is 2.44. The largest absolute Gasteiger partial charge is 0.480 e. The summed E-state index contributed by atoms with van der Waals surface area (Å²) in [7, 11) is 0. The van der Waals surface area contributed by atoms with Gasteiger partial charge in [-0.05, 0) is 0 Å². The number of rotatable bonds is 4. The number of hydrogen-bond acceptors (Lipinski definition) is 8. The van der Waals surface area contributed by atoms with E-state index < -0.39 is 11.9 Å². The number of nitrogens with one attached hydrogen (secondary N) is 1. The highest BCUT2D eigenvalue weighted by molar-refractivity contribution is 5.69. The summed E-state index contributed by atoms with van der Waals surface area (Å²) in [5, 5.41) is 21.1. The van der Waals surface area contributed by atoms with Gasteiger partial charge in [-0.25, -0.2) is 0 Å². The molecule has 1 aliphatic heterocycles. The van der Waals surface area contributed by atoms with E-state index in [1.807, 2.05) is 0 Å². The standard InChI is InChI=1S/C16H31N3O7/c20-15(21)13-18-3-9-24-7-1-17-2-8-25-10-4-19(14-16(22)23)6-12-26-11-5-18/h17H,1-14H2,(H,20,21)(H,22,23). The first-order chi connectivity index (χ1) is 12.6. The van der Waals surface area contributed by atoms with E-state index in [1.165, 1.54) is 0 Å². The van der Waals surface area contributed by atoms with Gasteiger partial charge in [-0.1, -0.05) is 0 Å². The van der Waals surface area contributed by atoms with E-state index in [4.69, 9.17) is 24.4 Å². The smallest absolute Gasteiger partial charge is 0.317 e. The predicted octanol–water partition coefficient (Wildman–Crippen LogP) is -1.59. The molecule has 0 bridgehead atoms. The molecule has 0 aliphatic carbocycles. The number of carbonyl (C=O) groups is 2. The second kappa shape index (κ2) is 14.8. The maximum absolute atomic E-state index is 10.9. The van der Waals surface area contributed by atoms with Crippen LogP contribution in [0.3, 0.4) is 0 Å². The number of carboxylic acids is 2. The van der Waals surface area contributed by atoms with Crippen molar-refractivity contribution >= 4 is 11.9 Å². The fraction of sp³-hybridized carbons (Fsp3) is 0.875. The van der Waals surface area contributed by atoms with E-state index >= 15 is 0 Å². The monoisotopic (exact) mass is 377 g/mol. The lowest BCUT2D eigenvalue weighted by molar-refractivity contribution is -0.139. The maximum Gasteiger partial charge on any atom is 0.317 e. The molecular formula is C16H31N3O7. The third-order valence-corrected chi connectivity index (χ3v) is 3.77. The summed E-state index contributed by atoms with van der Waals surface area (Å²) in [5.41, 5.74) is 0. The Morgan fingerprint density at radius 2 is 1.04 bits per heavy atom. The molecule has 26 heavy (non-hydrogen) atoms. The summed E-state index contributed by atoms with van der Waals surface area (Å²) in [5.74, 6) is -1.78. The first-order valence-electron chi connectivity index (χ1n) is 8.90. The van der Waals surface area contributed by atoms with Crippen LogP contribution >= 0.6 is 0 Å². The molecule has 1 fully saturated rings. The second-order valence-electron chi connectivity index (χ2n) is 5.93. The molecule has 0 aromatic carbocycles. The van der Waals surface area contributed by atoms with Gasteiger partial charge < -0.3 is 29.7 Å². The van der Waals surface area contributed by atoms with E-state index in [0.29, 0.717) is 78.9 Å². The van der Waals surface area contributed by atoms with Gasteiger partial charge in [0.25, 0.3) is 0 Å². The van der Waals surface area contributed by atoms with Crippen LogP contribution in [-0.2, 0) is 23.8 Å². The number of ether oxygens (including phenoxy) is 3. The van der Waals surface area contributed by atoms with E-state index in [2.05, 4.69) is 5.32 Å². The van der Waals surface area contributed by atoms with Crippen LogP contribution in [0.15, 0.2) is 0 Å². The summed E-state index contributed by atoms with van der Waals surface area (Å²) < 4.78 is 16.5. The molecule has 0 radical (unpaired) electrons. The van der Waals surface area contributed by atoms with E-state index in [1.54, 1.807) is 9.80 Å². The maximum atomic E-state index is 10.9. The van der Waals surface area contributed by atoms with Crippen LogP contribution in [0, 0.1) is 0 Å². The van der Waals surface area contributed by atoms with Crippen molar-refractivity contribution in [2.75, 3.05) is 92.0 Å². The van der Waals surface area contributed by atoms with Crippen molar-refractivity contribution in [2.45, 2.75) is 0 Å². The zero-order valence-corrected chi connectivity index (χ0v) is 15.2. The summed E-state index contributed by atoms with van der Waals surface area (Å²) in [4.78, 5) is 25.4. The minimum absolute atomic E-state index is 0.0621. The quantitative estimate of drug-likeness (QED) is 0.529. The zero-order chi connectivity index (χ0) is 19.0. The van der Waals surface area contributed by atoms with Crippen LogP contribution in [0.4, 0.5) is 0 Å². The van der Waals surface area contributed by atoms with Gasteiger partial charge in [-0.3, -0.25) is 19.4 Å². The highest BCUT2D eigenvalue weighted by Gasteiger charge is 2.11. The molecule has 0 unspecified atom stereocenters. The molecule has 0 amide bonds. The summed E-state index contributed by atoms with van der Waals surface area (Å²) >= 11 is 0. The SMILES string of the molecule is O=C(O)CN1CCOCCNCCOCCN(CC(=O)O)CCOCC1. The van der Waals surface area contributed by atoms with Crippen molar-refractivity contribution in [3.8, 4) is 0 Å². The third-order valence-electron chi connectivity index (χ3n) is 3.77. The topological polar surface area (TPSA) is 121 Å². The van der Waals surface area contributed by atoms with E-state index in [0.717, 1.165) is 0 Å². The molecule has 1 rings (SSSR count). The normalized spacial score (nSPS) is 21.5. The molecule has 1 heterocycles. The number of carboxylic acid groups (broad SMARTS) is 2. The van der Waals surface area contributed by atoms with Gasteiger partial charge >= 0.3 is 11.9 Å². The van der Waals surface area contributed by atoms with Gasteiger partial charge in [0.1, 0.15) is 0 Å². The van der Waals surface area contributed by atoms with Gasteiger partial charge in [-0.2, -0.15) is 0 Å². The van der Waals surface area contributed by atoms with Crippen molar-refractivity contribution in [1.82, 2.24) is 15.1 Å². The summed E-state index contributed by atoms with van der Waals surface area (Å²) in [6.07, 6.45) is 0. The van der Waals surface area contributed by atoms with Gasteiger partial charge in [0, 0.05) is 39.3 Å². The highest BCUT2D eigenvalue weighted by atomic mass is 16.5. The van der Waals surface area contributed by atoms with Gasteiger partial charge in [0.05, 0.1) is 52.7 Å². The average Bonchev–Trinajstić information content (AvgIpc) is 2.57. The van der Waals surface area contributed by atoms with Crippen molar-refractivity contribution < 1.29 is 34.0 Å². The Labute approximate surface area is 154 Å². The molecule has 0 aromatic rings. The highest BCUT2D eigenvalue weighted by Crippen LogP contribution is 1.94. The summed E-state index contributed by atoms with van der Waals surface area (Å²) in [6, 6.07) is 0. The number of hydrogen-bond donors (Lipinski definition) is 3. The predicted molar refractivity (Wildman–Crippen MR) is 93.5 cm³/mol. The van der Waals surface area contributed by atoms with Crippen molar-refractivity contribution in [1.29, 1.82) is 0 Å². The Kier molecular flexibility index (Phi) is 13.0. The molecular weight excluding hydrogens is 346 g/mol. The van der Waals surface area contributed by atoms with Crippen molar-refractivity contribution in [2.24, 2.45) is 0 Å². The molecule has 152 valence electrons. The molecule has 10 heteroatoms. The molecule has 10 nitrogen and oxygen atoms in total. The van der Waals surface area contributed by atoms with E-state index in [9.17, 15) is 9.59 Å². The van der Waals surface area contributed by atoms with Gasteiger partial charge in [-0.15, -0.1) is 0 Å². The molecule has 1 aliphatic rings. The molecule has 3 N–H and O–H groups in total. The van der Waals surface area contributed by atoms with Crippen LogP contribution in [0.5, 0.6) is 0 Å². The molecule has 1 saturated heterocycles. The summed E-state index contributed by atoms with van der Waals surface area (Å²) in [6.45, 7) is 6.02. The fourth-order valence-electron chi connectivity index (χ4n) is 2.42. The van der Waals surface area contributed by atoms with Crippen LogP contribution in [0.2, 0.25) is 0 Å². The molecule has 0 aromatic heterocycles. The van der Waals surface area contributed by atoms with Gasteiger partial charge in [0.2, 0.25) is 0 Å². The second-order valence-corrected chi connectivity index (χ2v) is 5.93. The number of nitrogens with zero attached hydrogens (tertiary/aromatic N) is 2. The Hall–Kier alpha value is -1.30. The van der Waals surface area contributed by atoms with Gasteiger partial charge in [0.15, 0.2) is 0 Å². The third kappa shape index (κ3) is 13.0. The zero-order valence-electron chi connectivity index (χ0n) is 15.2. The Morgan fingerprint density at radius 3 is 1.38 bits per heavy atom. The van der Waals surface area contributed by atoms with E-state index in [-0.39, 0.29) is 13.1 Å². The lowest BCUT2D eigenvalue weighted by Gasteiger charge is -2.22.